The zero-order valence-corrected chi connectivity index (χ0v) is 25.0. The fourth-order valence-corrected chi connectivity index (χ4v) is 7.27. The summed E-state index contributed by atoms with van der Waals surface area (Å²) >= 11 is 0. The van der Waals surface area contributed by atoms with Gasteiger partial charge in [0.25, 0.3) is 0 Å². The van der Waals surface area contributed by atoms with Gasteiger partial charge >= 0.3 is 0 Å². The maximum Gasteiger partial charge on any atom is 0.225 e. The van der Waals surface area contributed by atoms with Crippen LogP contribution in [0.5, 0.6) is 0 Å². The third-order valence-corrected chi connectivity index (χ3v) is 9.59. The third-order valence-electron chi connectivity index (χ3n) is 9.59. The number of benzene rings is 3. The number of nitrogens with zero attached hydrogens (tertiary/aromatic N) is 3. The van der Waals surface area contributed by atoms with E-state index in [1.54, 1.807) is 0 Å². The summed E-state index contributed by atoms with van der Waals surface area (Å²) in [4.78, 5) is 11.7. The summed E-state index contributed by atoms with van der Waals surface area (Å²) in [5.41, 5.74) is 3.46. The number of aromatic nitrogens is 2. The van der Waals surface area contributed by atoms with Crippen molar-refractivity contribution in [1.29, 1.82) is 0 Å². The van der Waals surface area contributed by atoms with Crippen molar-refractivity contribution in [2.24, 2.45) is 11.8 Å². The van der Waals surface area contributed by atoms with E-state index in [9.17, 15) is 5.11 Å². The van der Waals surface area contributed by atoms with Crippen LogP contribution >= 0.6 is 0 Å². The molecule has 1 aromatic heterocycles. The molecule has 4 aromatic rings. The Hall–Kier alpha value is -3.48. The molecule has 6 nitrogen and oxygen atoms in total. The SMILES string of the molecule is CN(C)c1nc(NC2CCC(NC[C@@H]3C[C@@H](c4ccccc4)CC[C@H]3C(O)c3ccccc3)CC2)nc2ccccc12. The second-order valence-corrected chi connectivity index (χ2v) is 12.6. The molecule has 2 fully saturated rings. The van der Waals surface area contributed by atoms with E-state index in [2.05, 4.69) is 70.1 Å². The first-order chi connectivity index (χ1) is 20.5. The van der Waals surface area contributed by atoms with Gasteiger partial charge in [-0.2, -0.15) is 4.98 Å². The third kappa shape index (κ3) is 6.61. The molecule has 6 rings (SSSR count). The second-order valence-electron chi connectivity index (χ2n) is 12.6. The number of hydrogen-bond donors (Lipinski definition) is 3. The Bertz CT molecular complexity index is 1420. The molecule has 1 heterocycles. The first-order valence-corrected chi connectivity index (χ1v) is 15.8. The summed E-state index contributed by atoms with van der Waals surface area (Å²) in [5.74, 6) is 2.94. The summed E-state index contributed by atoms with van der Waals surface area (Å²) in [6, 6.07) is 30.3. The lowest BCUT2D eigenvalue weighted by molar-refractivity contribution is 0.0396. The smallest absolute Gasteiger partial charge is 0.225 e. The highest BCUT2D eigenvalue weighted by atomic mass is 16.3. The van der Waals surface area contributed by atoms with E-state index in [0.29, 0.717) is 23.9 Å². The van der Waals surface area contributed by atoms with Gasteiger partial charge in [-0.25, -0.2) is 4.98 Å². The molecule has 1 unspecified atom stereocenters. The molecule has 3 aromatic carbocycles. The lowest BCUT2D eigenvalue weighted by atomic mass is 9.68. The van der Waals surface area contributed by atoms with Crippen LogP contribution in [0.1, 0.15) is 68.1 Å². The molecule has 3 N–H and O–H groups in total. The van der Waals surface area contributed by atoms with Gasteiger partial charge < -0.3 is 20.6 Å². The van der Waals surface area contributed by atoms with Crippen molar-refractivity contribution in [1.82, 2.24) is 15.3 Å². The van der Waals surface area contributed by atoms with Gasteiger partial charge in [-0.05, 0) is 92.5 Å². The number of aliphatic hydroxyl groups is 1. The van der Waals surface area contributed by atoms with Gasteiger partial charge in [-0.3, -0.25) is 0 Å². The Balaban J connectivity index is 1.08. The minimum absolute atomic E-state index is 0.272. The summed E-state index contributed by atoms with van der Waals surface area (Å²) in [6.45, 7) is 0.959. The largest absolute Gasteiger partial charge is 0.388 e. The number of nitrogens with one attached hydrogen (secondary N) is 2. The van der Waals surface area contributed by atoms with Crippen molar-refractivity contribution in [3.05, 3.63) is 96.1 Å². The van der Waals surface area contributed by atoms with Crippen molar-refractivity contribution < 1.29 is 5.11 Å². The summed E-state index contributed by atoms with van der Waals surface area (Å²) < 4.78 is 0. The number of aliphatic hydroxyl groups excluding tert-OH is 1. The van der Waals surface area contributed by atoms with Gasteiger partial charge in [0.05, 0.1) is 11.6 Å². The van der Waals surface area contributed by atoms with E-state index < -0.39 is 6.10 Å². The Morgan fingerprint density at radius 2 is 1.45 bits per heavy atom. The van der Waals surface area contributed by atoms with Crippen LogP contribution in [0.25, 0.3) is 10.9 Å². The predicted molar refractivity (Wildman–Crippen MR) is 173 cm³/mol. The van der Waals surface area contributed by atoms with Gasteiger partial charge in [0, 0.05) is 31.6 Å². The molecule has 0 bridgehead atoms. The molecule has 0 aliphatic heterocycles. The molecule has 2 aliphatic rings. The Labute approximate surface area is 250 Å². The van der Waals surface area contributed by atoms with Crippen LogP contribution < -0.4 is 15.5 Å². The maximum absolute atomic E-state index is 11.5. The van der Waals surface area contributed by atoms with Crippen molar-refractivity contribution >= 4 is 22.7 Å². The van der Waals surface area contributed by atoms with Crippen LogP contribution in [0.2, 0.25) is 0 Å². The first kappa shape index (κ1) is 28.6. The Kier molecular flexibility index (Phi) is 9.01. The zero-order valence-electron chi connectivity index (χ0n) is 25.0. The summed E-state index contributed by atoms with van der Waals surface area (Å²) in [7, 11) is 4.07. The molecule has 0 radical (unpaired) electrons. The van der Waals surface area contributed by atoms with Crippen molar-refractivity contribution in [2.75, 3.05) is 30.9 Å². The van der Waals surface area contributed by atoms with Crippen molar-refractivity contribution in [3.8, 4) is 0 Å². The normalized spacial score (nSPS) is 25.2. The van der Waals surface area contributed by atoms with Gasteiger partial charge in [-0.1, -0.05) is 72.8 Å². The minimum Gasteiger partial charge on any atom is -0.388 e. The Morgan fingerprint density at radius 3 is 2.19 bits per heavy atom. The predicted octanol–water partition coefficient (Wildman–Crippen LogP) is 6.94. The molecule has 6 heteroatoms. The molecule has 2 saturated carbocycles. The lowest BCUT2D eigenvalue weighted by Gasteiger charge is -2.40. The number of para-hydroxylation sites is 1. The van der Waals surface area contributed by atoms with Gasteiger partial charge in [0.15, 0.2) is 0 Å². The van der Waals surface area contributed by atoms with Gasteiger partial charge in [0.1, 0.15) is 5.82 Å². The highest BCUT2D eigenvalue weighted by Crippen LogP contribution is 2.44. The highest BCUT2D eigenvalue weighted by Gasteiger charge is 2.36. The van der Waals surface area contributed by atoms with E-state index in [4.69, 9.17) is 9.97 Å². The number of hydrogen-bond acceptors (Lipinski definition) is 6. The van der Waals surface area contributed by atoms with Gasteiger partial charge in [0.2, 0.25) is 5.95 Å². The summed E-state index contributed by atoms with van der Waals surface area (Å²) in [5, 5.41) is 20.1. The molecule has 42 heavy (non-hydrogen) atoms. The van der Waals surface area contributed by atoms with Crippen LogP contribution in [-0.2, 0) is 0 Å². The fourth-order valence-electron chi connectivity index (χ4n) is 7.27. The minimum atomic E-state index is -0.413. The van der Waals surface area contributed by atoms with E-state index in [1.807, 2.05) is 44.4 Å². The van der Waals surface area contributed by atoms with E-state index >= 15 is 0 Å². The quantitative estimate of drug-likeness (QED) is 0.205. The zero-order chi connectivity index (χ0) is 28.9. The summed E-state index contributed by atoms with van der Waals surface area (Å²) in [6.07, 6.45) is 7.35. The molecule has 0 spiro atoms. The molecular weight excluding hydrogens is 518 g/mol. The number of rotatable bonds is 9. The van der Waals surface area contributed by atoms with Crippen molar-refractivity contribution in [3.63, 3.8) is 0 Å². The molecule has 0 amide bonds. The van der Waals surface area contributed by atoms with E-state index in [0.717, 1.165) is 79.7 Å². The molecular formula is C36H45N5O. The topological polar surface area (TPSA) is 73.3 Å². The van der Waals surface area contributed by atoms with Crippen LogP contribution in [0.15, 0.2) is 84.9 Å². The first-order valence-electron chi connectivity index (χ1n) is 15.8. The monoisotopic (exact) mass is 563 g/mol. The maximum atomic E-state index is 11.5. The van der Waals surface area contributed by atoms with Crippen LogP contribution in [0.3, 0.4) is 0 Å². The van der Waals surface area contributed by atoms with E-state index in [-0.39, 0.29) is 5.92 Å². The van der Waals surface area contributed by atoms with E-state index in [1.165, 1.54) is 5.56 Å². The van der Waals surface area contributed by atoms with Crippen molar-refractivity contribution in [2.45, 2.75) is 69.1 Å². The Morgan fingerprint density at radius 1 is 0.786 bits per heavy atom. The van der Waals surface area contributed by atoms with Crippen LogP contribution in [0.4, 0.5) is 11.8 Å². The average Bonchev–Trinajstić information content (AvgIpc) is 3.04. The molecule has 4 atom stereocenters. The molecule has 2 aliphatic carbocycles. The number of anilines is 2. The van der Waals surface area contributed by atoms with Crippen LogP contribution in [0, 0.1) is 11.8 Å². The average molecular weight is 564 g/mol. The number of fused-ring (bicyclic) bond motifs is 1. The molecule has 0 saturated heterocycles. The highest BCUT2D eigenvalue weighted by molar-refractivity contribution is 5.90. The van der Waals surface area contributed by atoms with Crippen LogP contribution in [-0.4, -0.2) is 47.8 Å². The second kappa shape index (κ2) is 13.2. The molecule has 220 valence electrons. The lowest BCUT2D eigenvalue weighted by Crippen LogP contribution is -2.42. The van der Waals surface area contributed by atoms with Gasteiger partial charge in [-0.15, -0.1) is 0 Å². The standard InChI is InChI=1S/C36H45N5O/c1-41(2)35-32-15-9-10-16-33(32)39-36(40-35)38-30-20-18-29(19-21-30)37-24-28-23-27(25-11-5-3-6-12-25)17-22-31(28)34(42)26-13-7-4-8-14-26/h3-16,27-31,34,37,42H,17-24H2,1-2H3,(H,38,39,40)/t27-,28-,29?,30?,31+,34?/m0/s1. The fraction of sp³-hybridized carbons (Fsp3) is 0.444.